The molecule has 1 aliphatic rings. The summed E-state index contributed by atoms with van der Waals surface area (Å²) in [6.07, 6.45) is 1.33. The highest BCUT2D eigenvalue weighted by Crippen LogP contribution is 2.26. The number of thiophene rings is 1. The number of nitrogens with zero attached hydrogens (tertiary/aromatic N) is 1. The molecule has 0 aromatic carbocycles. The normalized spacial score (nSPS) is 24.0. The first kappa shape index (κ1) is 12.0. The molecule has 1 atom stereocenters. The van der Waals surface area contributed by atoms with Crippen LogP contribution < -0.4 is 0 Å². The van der Waals surface area contributed by atoms with Crippen molar-refractivity contribution < 1.29 is 0 Å². The lowest BCUT2D eigenvalue weighted by Gasteiger charge is -2.26. The number of rotatable bonds is 2. The maximum Gasteiger partial charge on any atom is 0.0342 e. The van der Waals surface area contributed by atoms with Gasteiger partial charge < -0.3 is 0 Å². The molecule has 2 heterocycles. The van der Waals surface area contributed by atoms with Crippen LogP contribution in [0.1, 0.15) is 18.2 Å². The lowest BCUT2D eigenvalue weighted by atomic mass is 10.2. The maximum atomic E-state index is 3.61. The topological polar surface area (TPSA) is 3.24 Å². The van der Waals surface area contributed by atoms with Crippen molar-refractivity contribution in [1.29, 1.82) is 0 Å². The second-order valence-corrected chi connectivity index (χ2v) is 6.99. The third-order valence-corrected chi connectivity index (χ3v) is 5.77. The first-order chi connectivity index (χ1) is 7.27. The van der Waals surface area contributed by atoms with E-state index in [1.165, 1.54) is 33.8 Å². The van der Waals surface area contributed by atoms with Gasteiger partial charge in [0, 0.05) is 34.2 Å². The summed E-state index contributed by atoms with van der Waals surface area (Å²) in [7, 11) is 0. The van der Waals surface area contributed by atoms with E-state index in [-0.39, 0.29) is 0 Å². The van der Waals surface area contributed by atoms with E-state index in [0.717, 1.165) is 12.6 Å². The van der Waals surface area contributed by atoms with Crippen molar-refractivity contribution in [2.24, 2.45) is 0 Å². The minimum Gasteiger partial charge on any atom is -0.295 e. The molecule has 4 heteroatoms. The van der Waals surface area contributed by atoms with Gasteiger partial charge in [-0.05, 0) is 46.5 Å². The Labute approximate surface area is 108 Å². The fraction of sp³-hybridized carbons (Fsp3) is 0.636. The summed E-state index contributed by atoms with van der Waals surface area (Å²) < 4.78 is 1.27. The van der Waals surface area contributed by atoms with E-state index in [4.69, 9.17) is 0 Å². The second kappa shape index (κ2) is 5.71. The molecule has 84 valence electrons. The minimum atomic E-state index is 0.731. The van der Waals surface area contributed by atoms with Gasteiger partial charge in [0.25, 0.3) is 0 Å². The lowest BCUT2D eigenvalue weighted by Crippen LogP contribution is -2.32. The summed E-state index contributed by atoms with van der Waals surface area (Å²) in [4.78, 5) is 4.07. The molecule has 1 aromatic heterocycles. The van der Waals surface area contributed by atoms with Gasteiger partial charge in [-0.1, -0.05) is 0 Å². The zero-order chi connectivity index (χ0) is 10.7. The Kier molecular flexibility index (Phi) is 4.55. The molecule has 1 unspecified atom stereocenters. The van der Waals surface area contributed by atoms with E-state index in [1.54, 1.807) is 0 Å². The number of hydrogen-bond donors (Lipinski definition) is 0. The summed E-state index contributed by atoms with van der Waals surface area (Å²) in [5.74, 6) is 2.61. The fourth-order valence-corrected chi connectivity index (χ4v) is 4.38. The lowest BCUT2D eigenvalue weighted by molar-refractivity contribution is 0.214. The predicted molar refractivity (Wildman–Crippen MR) is 73.8 cm³/mol. The van der Waals surface area contributed by atoms with Crippen LogP contribution in [0.15, 0.2) is 15.9 Å². The van der Waals surface area contributed by atoms with Crippen molar-refractivity contribution >= 4 is 39.0 Å². The first-order valence-electron chi connectivity index (χ1n) is 5.31. The van der Waals surface area contributed by atoms with Gasteiger partial charge in [-0.3, -0.25) is 4.90 Å². The van der Waals surface area contributed by atoms with Gasteiger partial charge in [0.1, 0.15) is 0 Å². The van der Waals surface area contributed by atoms with Gasteiger partial charge >= 0.3 is 0 Å². The molecular formula is C11H16BrNS2. The fourth-order valence-electron chi connectivity index (χ4n) is 1.80. The Morgan fingerprint density at radius 1 is 1.53 bits per heavy atom. The van der Waals surface area contributed by atoms with E-state index in [1.807, 2.05) is 11.3 Å². The molecule has 0 aliphatic carbocycles. The zero-order valence-electron chi connectivity index (χ0n) is 8.91. The van der Waals surface area contributed by atoms with E-state index in [2.05, 4.69) is 51.0 Å². The molecule has 1 fully saturated rings. The standard InChI is InChI=1S/C11H16BrNS2/c1-9-2-5-14-7-4-13(9)8-11-10(12)3-6-15-11/h3,6,9H,2,4-5,7-8H2,1H3. The summed E-state index contributed by atoms with van der Waals surface area (Å²) in [5, 5.41) is 2.16. The molecule has 15 heavy (non-hydrogen) atoms. The van der Waals surface area contributed by atoms with Crippen LogP contribution in [0.2, 0.25) is 0 Å². The van der Waals surface area contributed by atoms with Crippen LogP contribution in [0.3, 0.4) is 0 Å². The Balaban J connectivity index is 2.00. The van der Waals surface area contributed by atoms with Crippen LogP contribution in [-0.4, -0.2) is 29.0 Å². The first-order valence-corrected chi connectivity index (χ1v) is 8.14. The minimum absolute atomic E-state index is 0.731. The maximum absolute atomic E-state index is 3.61. The highest BCUT2D eigenvalue weighted by Gasteiger charge is 2.18. The average Bonchev–Trinajstić information content (AvgIpc) is 2.50. The Morgan fingerprint density at radius 3 is 3.13 bits per heavy atom. The van der Waals surface area contributed by atoms with Gasteiger partial charge in [-0.2, -0.15) is 11.8 Å². The molecule has 0 spiro atoms. The van der Waals surface area contributed by atoms with Gasteiger partial charge in [0.15, 0.2) is 0 Å². The Bertz CT molecular complexity index is 313. The predicted octanol–water partition coefficient (Wildman–Crippen LogP) is 3.84. The van der Waals surface area contributed by atoms with Crippen molar-refractivity contribution in [1.82, 2.24) is 4.90 Å². The molecule has 0 N–H and O–H groups in total. The van der Waals surface area contributed by atoms with Crippen LogP contribution in [0.4, 0.5) is 0 Å². The molecule has 1 aliphatic heterocycles. The second-order valence-electron chi connectivity index (χ2n) is 3.91. The highest BCUT2D eigenvalue weighted by molar-refractivity contribution is 9.10. The Hall–Kier alpha value is 0.490. The van der Waals surface area contributed by atoms with Crippen molar-refractivity contribution in [2.45, 2.75) is 25.9 Å². The molecular weight excluding hydrogens is 290 g/mol. The quantitative estimate of drug-likeness (QED) is 0.817. The number of thioether (sulfide) groups is 1. The summed E-state index contributed by atoms with van der Waals surface area (Å²) >= 11 is 7.56. The van der Waals surface area contributed by atoms with Crippen molar-refractivity contribution in [3.8, 4) is 0 Å². The van der Waals surface area contributed by atoms with Crippen LogP contribution in [0, 0.1) is 0 Å². The van der Waals surface area contributed by atoms with Crippen LogP contribution >= 0.6 is 39.0 Å². The third kappa shape index (κ3) is 3.22. The monoisotopic (exact) mass is 305 g/mol. The molecule has 1 aromatic rings. The van der Waals surface area contributed by atoms with E-state index in [9.17, 15) is 0 Å². The van der Waals surface area contributed by atoms with Crippen LogP contribution in [0.5, 0.6) is 0 Å². The largest absolute Gasteiger partial charge is 0.295 e. The Morgan fingerprint density at radius 2 is 2.40 bits per heavy atom. The SMILES string of the molecule is CC1CCSCCN1Cc1sccc1Br. The molecule has 1 nitrogen and oxygen atoms in total. The number of hydrogen-bond acceptors (Lipinski definition) is 3. The van der Waals surface area contributed by atoms with Gasteiger partial charge in [0.2, 0.25) is 0 Å². The average molecular weight is 306 g/mol. The van der Waals surface area contributed by atoms with E-state index < -0.39 is 0 Å². The summed E-state index contributed by atoms with van der Waals surface area (Å²) in [5.41, 5.74) is 0. The van der Waals surface area contributed by atoms with Gasteiger partial charge in [-0.15, -0.1) is 11.3 Å². The van der Waals surface area contributed by atoms with Crippen LogP contribution in [0.25, 0.3) is 0 Å². The molecule has 1 saturated heterocycles. The van der Waals surface area contributed by atoms with Crippen molar-refractivity contribution in [3.05, 3.63) is 20.8 Å². The van der Waals surface area contributed by atoms with Crippen LogP contribution in [-0.2, 0) is 6.54 Å². The molecule has 0 amide bonds. The van der Waals surface area contributed by atoms with Gasteiger partial charge in [-0.25, -0.2) is 0 Å². The third-order valence-electron chi connectivity index (χ3n) is 2.86. The van der Waals surface area contributed by atoms with E-state index >= 15 is 0 Å². The zero-order valence-corrected chi connectivity index (χ0v) is 12.1. The smallest absolute Gasteiger partial charge is 0.0342 e. The molecule has 0 bridgehead atoms. The summed E-state index contributed by atoms with van der Waals surface area (Å²) in [6, 6.07) is 2.88. The molecule has 0 radical (unpaired) electrons. The van der Waals surface area contributed by atoms with Crippen molar-refractivity contribution in [2.75, 3.05) is 18.1 Å². The molecule has 2 rings (SSSR count). The molecule has 0 saturated carbocycles. The van der Waals surface area contributed by atoms with Crippen molar-refractivity contribution in [3.63, 3.8) is 0 Å². The van der Waals surface area contributed by atoms with E-state index in [0.29, 0.717) is 0 Å². The van der Waals surface area contributed by atoms with Gasteiger partial charge in [0.05, 0.1) is 0 Å². The highest BCUT2D eigenvalue weighted by atomic mass is 79.9. The number of halogens is 1. The summed E-state index contributed by atoms with van der Waals surface area (Å²) in [6.45, 7) is 4.70.